The molecule has 0 aliphatic rings. The van der Waals surface area contributed by atoms with Crippen LogP contribution in [-0.4, -0.2) is 31.2 Å². The van der Waals surface area contributed by atoms with Crippen molar-refractivity contribution in [2.24, 2.45) is 0 Å². The van der Waals surface area contributed by atoms with Crippen molar-refractivity contribution in [3.8, 4) is 0 Å². The lowest BCUT2D eigenvalue weighted by Crippen LogP contribution is -2.26. The van der Waals surface area contributed by atoms with Crippen LogP contribution >= 0.6 is 15.9 Å². The summed E-state index contributed by atoms with van der Waals surface area (Å²) < 4.78 is 5.55. The highest BCUT2D eigenvalue weighted by Crippen LogP contribution is 2.14. The molecule has 0 aliphatic heterocycles. The second-order valence-corrected chi connectivity index (χ2v) is 4.16. The van der Waals surface area contributed by atoms with Crippen LogP contribution < -0.4 is 4.90 Å². The Morgan fingerprint density at radius 3 is 2.81 bits per heavy atom. The van der Waals surface area contributed by atoms with Gasteiger partial charge in [0.25, 0.3) is 0 Å². The zero-order valence-corrected chi connectivity index (χ0v) is 11.0. The summed E-state index contributed by atoms with van der Waals surface area (Å²) in [5.41, 5.74) is 0. The monoisotopic (exact) mass is 286 g/mol. The van der Waals surface area contributed by atoms with Gasteiger partial charge in [0.2, 0.25) is 0 Å². The standard InChI is InChI=1S/C11H15BrN2O2/c1-3-14(7-6-11(15)16-2)10-5-4-9(12)8-13-10/h4-5,8H,3,6-7H2,1-2H3. The Kier molecular flexibility index (Phi) is 5.25. The number of aromatic nitrogens is 1. The van der Waals surface area contributed by atoms with Gasteiger partial charge >= 0.3 is 5.97 Å². The van der Waals surface area contributed by atoms with E-state index >= 15 is 0 Å². The number of halogens is 1. The minimum Gasteiger partial charge on any atom is -0.469 e. The Labute approximate surface area is 104 Å². The van der Waals surface area contributed by atoms with Crippen molar-refractivity contribution in [1.82, 2.24) is 4.98 Å². The van der Waals surface area contributed by atoms with Crippen LogP contribution in [0.5, 0.6) is 0 Å². The highest BCUT2D eigenvalue weighted by molar-refractivity contribution is 9.10. The fourth-order valence-electron chi connectivity index (χ4n) is 1.32. The van der Waals surface area contributed by atoms with Gasteiger partial charge in [-0.2, -0.15) is 0 Å². The van der Waals surface area contributed by atoms with E-state index in [1.807, 2.05) is 24.0 Å². The van der Waals surface area contributed by atoms with E-state index in [1.165, 1.54) is 7.11 Å². The molecule has 0 fully saturated rings. The number of esters is 1. The van der Waals surface area contributed by atoms with Crippen molar-refractivity contribution in [3.63, 3.8) is 0 Å². The van der Waals surface area contributed by atoms with E-state index in [0.29, 0.717) is 13.0 Å². The SMILES string of the molecule is CCN(CCC(=O)OC)c1ccc(Br)cn1. The fourth-order valence-corrected chi connectivity index (χ4v) is 1.55. The molecule has 1 heterocycles. The first-order chi connectivity index (χ1) is 7.67. The lowest BCUT2D eigenvalue weighted by molar-refractivity contribution is -0.140. The normalized spacial score (nSPS) is 9.94. The predicted octanol–water partition coefficient (Wildman–Crippen LogP) is 2.23. The van der Waals surface area contributed by atoms with E-state index in [1.54, 1.807) is 6.20 Å². The maximum atomic E-state index is 11.0. The van der Waals surface area contributed by atoms with E-state index in [4.69, 9.17) is 0 Å². The van der Waals surface area contributed by atoms with Crippen molar-refractivity contribution in [2.75, 3.05) is 25.1 Å². The number of ether oxygens (including phenoxy) is 1. The predicted molar refractivity (Wildman–Crippen MR) is 66.5 cm³/mol. The molecule has 1 aromatic rings. The largest absolute Gasteiger partial charge is 0.469 e. The number of hydrogen-bond donors (Lipinski definition) is 0. The molecule has 0 N–H and O–H groups in total. The van der Waals surface area contributed by atoms with E-state index in [-0.39, 0.29) is 5.97 Å². The third-order valence-electron chi connectivity index (χ3n) is 2.23. The van der Waals surface area contributed by atoms with E-state index in [2.05, 4.69) is 25.7 Å². The summed E-state index contributed by atoms with van der Waals surface area (Å²) in [6.07, 6.45) is 2.12. The van der Waals surface area contributed by atoms with Crippen LogP contribution in [0, 0.1) is 0 Å². The van der Waals surface area contributed by atoms with Gasteiger partial charge in [-0.1, -0.05) is 0 Å². The third kappa shape index (κ3) is 3.81. The number of carbonyl (C=O) groups is 1. The van der Waals surface area contributed by atoms with Gasteiger partial charge in [0, 0.05) is 23.8 Å². The summed E-state index contributed by atoms with van der Waals surface area (Å²) in [6, 6.07) is 3.86. The Morgan fingerprint density at radius 1 is 1.56 bits per heavy atom. The Balaban J connectivity index is 2.60. The second kappa shape index (κ2) is 6.48. The van der Waals surface area contributed by atoms with Crippen molar-refractivity contribution < 1.29 is 9.53 Å². The van der Waals surface area contributed by atoms with Gasteiger partial charge in [-0.3, -0.25) is 4.79 Å². The van der Waals surface area contributed by atoms with Gasteiger partial charge in [0.1, 0.15) is 5.82 Å². The lowest BCUT2D eigenvalue weighted by Gasteiger charge is -2.21. The summed E-state index contributed by atoms with van der Waals surface area (Å²) in [4.78, 5) is 17.4. The van der Waals surface area contributed by atoms with Crippen LogP contribution in [0.3, 0.4) is 0 Å². The molecule has 0 amide bonds. The van der Waals surface area contributed by atoms with Crippen LogP contribution in [-0.2, 0) is 9.53 Å². The number of hydrogen-bond acceptors (Lipinski definition) is 4. The summed E-state index contributed by atoms with van der Waals surface area (Å²) in [7, 11) is 1.40. The van der Waals surface area contributed by atoms with E-state index < -0.39 is 0 Å². The lowest BCUT2D eigenvalue weighted by atomic mass is 10.3. The first-order valence-electron chi connectivity index (χ1n) is 5.10. The molecule has 0 atom stereocenters. The number of carbonyl (C=O) groups excluding carboxylic acids is 1. The molecule has 0 radical (unpaired) electrons. The third-order valence-corrected chi connectivity index (χ3v) is 2.70. The molecule has 0 unspecified atom stereocenters. The van der Waals surface area contributed by atoms with Crippen molar-refractivity contribution in [1.29, 1.82) is 0 Å². The van der Waals surface area contributed by atoms with E-state index in [9.17, 15) is 4.79 Å². The molecule has 0 aliphatic carbocycles. The Bertz CT molecular complexity index is 340. The number of anilines is 1. The van der Waals surface area contributed by atoms with Crippen molar-refractivity contribution in [2.45, 2.75) is 13.3 Å². The molecular formula is C11H15BrN2O2. The maximum absolute atomic E-state index is 11.0. The first kappa shape index (κ1) is 13.0. The molecular weight excluding hydrogens is 272 g/mol. The quantitative estimate of drug-likeness (QED) is 0.779. The molecule has 0 bridgehead atoms. The first-order valence-corrected chi connectivity index (χ1v) is 5.90. The summed E-state index contributed by atoms with van der Waals surface area (Å²) in [5.74, 6) is 0.671. The van der Waals surface area contributed by atoms with Crippen LogP contribution in [0.25, 0.3) is 0 Å². The van der Waals surface area contributed by atoms with Gasteiger partial charge in [-0.25, -0.2) is 4.98 Å². The van der Waals surface area contributed by atoms with Gasteiger partial charge in [0.15, 0.2) is 0 Å². The highest BCUT2D eigenvalue weighted by atomic mass is 79.9. The van der Waals surface area contributed by atoms with Crippen molar-refractivity contribution in [3.05, 3.63) is 22.8 Å². The molecule has 88 valence electrons. The van der Waals surface area contributed by atoms with Gasteiger partial charge in [-0.15, -0.1) is 0 Å². The van der Waals surface area contributed by atoms with Crippen LogP contribution in [0.4, 0.5) is 5.82 Å². The number of pyridine rings is 1. The number of methoxy groups -OCH3 is 1. The molecule has 0 saturated heterocycles. The molecule has 16 heavy (non-hydrogen) atoms. The zero-order valence-electron chi connectivity index (χ0n) is 9.44. The molecule has 5 heteroatoms. The number of nitrogens with zero attached hydrogens (tertiary/aromatic N) is 2. The maximum Gasteiger partial charge on any atom is 0.307 e. The van der Waals surface area contributed by atoms with Crippen molar-refractivity contribution >= 4 is 27.7 Å². The topological polar surface area (TPSA) is 42.4 Å². The Hall–Kier alpha value is -1.10. The molecule has 0 saturated carbocycles. The Morgan fingerprint density at radius 2 is 2.31 bits per heavy atom. The number of rotatable bonds is 5. The highest BCUT2D eigenvalue weighted by Gasteiger charge is 2.08. The molecule has 1 rings (SSSR count). The minimum absolute atomic E-state index is 0.199. The van der Waals surface area contributed by atoms with Crippen LogP contribution in [0.2, 0.25) is 0 Å². The zero-order chi connectivity index (χ0) is 12.0. The molecule has 0 spiro atoms. The summed E-state index contributed by atoms with van der Waals surface area (Å²) >= 11 is 3.33. The second-order valence-electron chi connectivity index (χ2n) is 3.24. The van der Waals surface area contributed by atoms with Gasteiger partial charge in [-0.05, 0) is 35.0 Å². The van der Waals surface area contributed by atoms with Gasteiger partial charge in [0.05, 0.1) is 13.5 Å². The summed E-state index contributed by atoms with van der Waals surface area (Å²) in [6.45, 7) is 3.46. The molecule has 4 nitrogen and oxygen atoms in total. The summed E-state index contributed by atoms with van der Waals surface area (Å²) in [5, 5.41) is 0. The molecule has 0 aromatic carbocycles. The van der Waals surface area contributed by atoms with Gasteiger partial charge < -0.3 is 9.64 Å². The smallest absolute Gasteiger partial charge is 0.307 e. The van der Waals surface area contributed by atoms with E-state index in [0.717, 1.165) is 16.8 Å². The minimum atomic E-state index is -0.199. The average Bonchev–Trinajstić information content (AvgIpc) is 2.31. The van der Waals surface area contributed by atoms with Crippen LogP contribution in [0.1, 0.15) is 13.3 Å². The average molecular weight is 287 g/mol. The molecule has 1 aromatic heterocycles. The fraction of sp³-hybridized carbons (Fsp3) is 0.455. The van der Waals surface area contributed by atoms with Crippen LogP contribution in [0.15, 0.2) is 22.8 Å².